The third kappa shape index (κ3) is 5.14. The fourth-order valence-electron chi connectivity index (χ4n) is 2.45. The summed E-state index contributed by atoms with van der Waals surface area (Å²) in [4.78, 5) is 0. The first-order chi connectivity index (χ1) is 9.57. The minimum Gasteiger partial charge on any atom is -0.278 e. The molecule has 0 bridgehead atoms. The molecule has 0 N–H and O–H groups in total. The molecule has 0 radical (unpaired) electrons. The van der Waals surface area contributed by atoms with Gasteiger partial charge in [0, 0.05) is 6.92 Å². The Morgan fingerprint density at radius 3 is 1.82 bits per heavy atom. The number of rotatable bonds is 4. The van der Waals surface area contributed by atoms with Crippen LogP contribution in [-0.4, -0.2) is 52.9 Å². The van der Waals surface area contributed by atoms with Gasteiger partial charge in [0.1, 0.15) is 14.1 Å². The summed E-state index contributed by atoms with van der Waals surface area (Å²) in [5.74, 6) is 0.975. The van der Waals surface area contributed by atoms with E-state index in [0.29, 0.717) is 12.6 Å². The number of hydrogen-bond donors (Lipinski definition) is 0. The molecule has 0 saturated heterocycles. The average molecular weight is 336 g/mol. The molecule has 1 aliphatic rings. The van der Waals surface area contributed by atoms with E-state index in [2.05, 4.69) is 11.5 Å². The maximum Gasteiger partial charge on any atom is 0.522 e. The quantitative estimate of drug-likeness (QED) is 0.447. The van der Waals surface area contributed by atoms with Gasteiger partial charge in [-0.05, 0) is 41.5 Å². The predicted octanol–water partition coefficient (Wildman–Crippen LogP) is 3.57. The van der Waals surface area contributed by atoms with Crippen LogP contribution in [0, 0.1) is 0 Å². The van der Waals surface area contributed by atoms with E-state index in [1.54, 1.807) is 0 Å². The zero-order valence-corrected chi connectivity index (χ0v) is 16.7. The topological polar surface area (TPSA) is 47.8 Å². The zero-order valence-electron chi connectivity index (χ0n) is 15.8. The normalized spacial score (nSPS) is 27.6. The third-order valence-corrected chi connectivity index (χ3v) is 5.62. The molecule has 0 aromatic heterocycles. The molecule has 7 heteroatoms. The van der Waals surface area contributed by atoms with Gasteiger partial charge in [0.25, 0.3) is 0 Å². The Hall–Kier alpha value is -0.260. The second-order valence-corrected chi connectivity index (χ2v) is 9.65. The largest absolute Gasteiger partial charge is 0.522 e. The van der Waals surface area contributed by atoms with Crippen molar-refractivity contribution < 1.29 is 27.5 Å². The summed E-state index contributed by atoms with van der Waals surface area (Å²) in [6.45, 7) is 15.8. The van der Waals surface area contributed by atoms with Crippen molar-refractivity contribution in [1.29, 1.82) is 0 Å². The van der Waals surface area contributed by atoms with Crippen LogP contribution in [0.25, 0.3) is 0 Å². The van der Waals surface area contributed by atoms with Crippen LogP contribution in [0.2, 0.25) is 0 Å². The summed E-state index contributed by atoms with van der Waals surface area (Å²) in [6, 6.07) is 0.294. The van der Waals surface area contributed by atoms with Gasteiger partial charge in [-0.2, -0.15) is 4.58 Å². The highest BCUT2D eigenvalue weighted by Crippen LogP contribution is 2.57. The van der Waals surface area contributed by atoms with E-state index in [0.717, 1.165) is 5.84 Å². The van der Waals surface area contributed by atoms with Crippen molar-refractivity contribution in [2.45, 2.75) is 72.6 Å². The van der Waals surface area contributed by atoms with Crippen LogP contribution in [0.15, 0.2) is 0 Å². The molecule has 130 valence electrons. The Labute approximate surface area is 135 Å². The van der Waals surface area contributed by atoms with Crippen LogP contribution in [0.3, 0.4) is 0 Å². The molecule has 0 amide bonds. The first-order valence-electron chi connectivity index (χ1n) is 7.72. The van der Waals surface area contributed by atoms with Gasteiger partial charge in [0.15, 0.2) is 6.54 Å². The molecule has 0 aromatic rings. The lowest BCUT2D eigenvalue weighted by atomic mass is 10.2. The smallest absolute Gasteiger partial charge is 0.278 e. The van der Waals surface area contributed by atoms with Gasteiger partial charge in [-0.15, -0.1) is 0 Å². The van der Waals surface area contributed by atoms with Crippen molar-refractivity contribution in [3.8, 4) is 0 Å². The highest BCUT2D eigenvalue weighted by molar-refractivity contribution is 7.48. The molecule has 2 atom stereocenters. The molecule has 0 fully saturated rings. The Morgan fingerprint density at radius 1 is 1.14 bits per heavy atom. The van der Waals surface area contributed by atoms with Crippen molar-refractivity contribution in [2.24, 2.45) is 0 Å². The van der Waals surface area contributed by atoms with E-state index in [1.807, 2.05) is 62.6 Å². The minimum absolute atomic E-state index is 0.0983. The number of amidine groups is 1. The van der Waals surface area contributed by atoms with Crippen molar-refractivity contribution in [1.82, 2.24) is 0 Å². The number of phosphoric ester groups is 1. The van der Waals surface area contributed by atoms with E-state index in [-0.39, 0.29) is 4.65 Å². The van der Waals surface area contributed by atoms with Gasteiger partial charge >= 0.3 is 13.7 Å². The summed E-state index contributed by atoms with van der Waals surface area (Å²) in [6.07, 6.45) is 0. The van der Waals surface area contributed by atoms with Gasteiger partial charge in [-0.25, -0.2) is 4.57 Å². The molecular weight excluding hydrogens is 303 g/mol. The van der Waals surface area contributed by atoms with Crippen molar-refractivity contribution in [3.63, 3.8) is 0 Å². The molecule has 6 nitrogen and oxygen atoms in total. The monoisotopic (exact) mass is 336 g/mol. The summed E-state index contributed by atoms with van der Waals surface area (Å²) in [5, 5.41) is 0. The molecule has 1 rings (SSSR count). The summed E-state index contributed by atoms with van der Waals surface area (Å²) in [5.41, 5.74) is -1.27. The second-order valence-electron chi connectivity index (χ2n) is 8.23. The van der Waals surface area contributed by atoms with Gasteiger partial charge in [-0.3, -0.25) is 9.05 Å². The number of nitrogens with zero attached hydrogens (tertiary/aromatic N) is 2. The zero-order chi connectivity index (χ0) is 17.6. The number of quaternary nitrogens is 1. The maximum absolute atomic E-state index is 13.3. The molecule has 22 heavy (non-hydrogen) atoms. The Kier molecular flexibility index (Phi) is 5.38. The fourth-order valence-corrected chi connectivity index (χ4v) is 4.52. The number of hydroxylamine groups is 3. The maximum atomic E-state index is 13.3. The van der Waals surface area contributed by atoms with Crippen molar-refractivity contribution in [3.05, 3.63) is 0 Å². The highest BCUT2D eigenvalue weighted by atomic mass is 31.2. The van der Waals surface area contributed by atoms with Crippen LogP contribution >= 0.6 is 7.82 Å². The molecule has 1 aliphatic heterocycles. The van der Waals surface area contributed by atoms with Crippen LogP contribution in [0.5, 0.6) is 0 Å². The minimum atomic E-state index is -3.74. The first kappa shape index (κ1) is 19.8. The van der Waals surface area contributed by atoms with Crippen LogP contribution in [-0.2, 0) is 18.2 Å². The van der Waals surface area contributed by atoms with E-state index < -0.39 is 19.0 Å². The molecule has 0 spiro atoms. The van der Waals surface area contributed by atoms with Crippen molar-refractivity contribution >= 4 is 13.7 Å². The van der Waals surface area contributed by atoms with Gasteiger partial charge in [-0.1, -0.05) is 9.27 Å². The lowest BCUT2D eigenvalue weighted by molar-refractivity contribution is -0.993. The summed E-state index contributed by atoms with van der Waals surface area (Å²) < 4.78 is 32.9. The van der Waals surface area contributed by atoms with E-state index in [1.165, 1.54) is 0 Å². The lowest BCUT2D eigenvalue weighted by Gasteiger charge is -2.33. The number of phosphoric acid groups is 1. The molecule has 1 heterocycles. The Morgan fingerprint density at radius 2 is 1.55 bits per heavy atom. The predicted molar refractivity (Wildman–Crippen MR) is 87.7 cm³/mol. The van der Waals surface area contributed by atoms with Gasteiger partial charge < -0.3 is 0 Å². The first-order valence-corrected chi connectivity index (χ1v) is 9.18. The van der Waals surface area contributed by atoms with Gasteiger partial charge in [0.05, 0.1) is 18.1 Å². The number of hydrogen-bond acceptors (Lipinski definition) is 4. The molecule has 0 saturated carbocycles. The molecular formula is C15H33N2O4P+2. The van der Waals surface area contributed by atoms with Crippen molar-refractivity contribution in [2.75, 3.05) is 20.6 Å². The highest BCUT2D eigenvalue weighted by Gasteiger charge is 2.54. The van der Waals surface area contributed by atoms with Gasteiger partial charge in [0.2, 0.25) is 6.04 Å². The Balaban J connectivity index is 3.12. The van der Waals surface area contributed by atoms with E-state index in [9.17, 15) is 4.57 Å². The molecule has 0 aliphatic carbocycles. The van der Waals surface area contributed by atoms with E-state index >= 15 is 0 Å². The fraction of sp³-hybridized carbons (Fsp3) is 0.933. The standard InChI is InChI=1S/C15H33N2O4P/c1-12-11-17(10,13(2)16(12)9)21-22(18,19-14(3,4)5)20-15(6,7)8/h12H,11H2,1-10H3/q+2. The summed E-state index contributed by atoms with van der Waals surface area (Å²) >= 11 is 0. The van der Waals surface area contributed by atoms with E-state index in [4.69, 9.17) is 13.7 Å². The third-order valence-electron chi connectivity index (χ3n) is 3.52. The van der Waals surface area contributed by atoms with Crippen LogP contribution in [0.1, 0.15) is 55.4 Å². The lowest BCUT2D eigenvalue weighted by Crippen LogP contribution is -2.47. The SMILES string of the molecule is CC1=[N+](C)C(C)C[N+]1(C)OP(=O)(OC(C)(C)C)OC(C)(C)C. The summed E-state index contributed by atoms with van der Waals surface area (Å²) in [7, 11) is 0.153. The van der Waals surface area contributed by atoms with Crippen LogP contribution in [0.4, 0.5) is 0 Å². The van der Waals surface area contributed by atoms with Crippen LogP contribution < -0.4 is 0 Å². The average Bonchev–Trinajstić information content (AvgIpc) is 2.35. The Bertz CT molecular complexity index is 485. The number of likely N-dealkylation sites (N-methyl/N-ethyl adjacent to an activating group) is 2. The second kappa shape index (κ2) is 5.99. The molecule has 2 unspecified atom stereocenters. The molecule has 0 aromatic carbocycles.